The molecule has 0 saturated heterocycles. The van der Waals surface area contributed by atoms with Crippen molar-refractivity contribution >= 4 is 34.7 Å². The number of hydrogen-bond acceptors (Lipinski definition) is 4. The molecule has 3 amide bonds. The third-order valence-electron chi connectivity index (χ3n) is 5.02. The lowest BCUT2D eigenvalue weighted by atomic mass is 10.00. The van der Waals surface area contributed by atoms with Crippen molar-refractivity contribution in [3.05, 3.63) is 87.6 Å². The van der Waals surface area contributed by atoms with Crippen LogP contribution in [-0.2, 0) is 9.59 Å². The van der Waals surface area contributed by atoms with E-state index in [-0.39, 0.29) is 24.3 Å². The van der Waals surface area contributed by atoms with E-state index >= 15 is 0 Å². The normalized spacial score (nSPS) is 12.0. The van der Waals surface area contributed by atoms with Crippen LogP contribution in [0.4, 0.5) is 5.69 Å². The van der Waals surface area contributed by atoms with Gasteiger partial charge in [0.05, 0.1) is 11.4 Å². The molecule has 0 aliphatic rings. The van der Waals surface area contributed by atoms with Gasteiger partial charge in [-0.25, -0.2) is 0 Å². The third-order valence-corrected chi connectivity index (χ3v) is 5.89. The quantitative estimate of drug-likeness (QED) is 0.514. The Balaban J connectivity index is 2.04. The number of aryl methyl sites for hydroxylation is 2. The highest BCUT2D eigenvalue weighted by Gasteiger charge is 2.34. The second kappa shape index (κ2) is 10.7. The summed E-state index contributed by atoms with van der Waals surface area (Å²) in [7, 11) is 0. The molecule has 34 heavy (non-hydrogen) atoms. The molecule has 3 aromatic rings. The highest BCUT2D eigenvalue weighted by molar-refractivity contribution is 7.12. The van der Waals surface area contributed by atoms with Crippen LogP contribution in [0, 0.1) is 13.8 Å². The summed E-state index contributed by atoms with van der Waals surface area (Å²) in [6, 6.07) is 17.6. The molecule has 0 unspecified atom stereocenters. The monoisotopic (exact) mass is 477 g/mol. The summed E-state index contributed by atoms with van der Waals surface area (Å²) < 4.78 is 0. The van der Waals surface area contributed by atoms with Crippen molar-refractivity contribution in [1.82, 2.24) is 10.6 Å². The van der Waals surface area contributed by atoms with Crippen LogP contribution in [0.2, 0.25) is 0 Å². The zero-order valence-corrected chi connectivity index (χ0v) is 21.0. The van der Waals surface area contributed by atoms with E-state index in [4.69, 9.17) is 0 Å². The van der Waals surface area contributed by atoms with Crippen molar-refractivity contribution in [2.24, 2.45) is 0 Å². The molecule has 2 aromatic carbocycles. The summed E-state index contributed by atoms with van der Waals surface area (Å²) in [6.07, 6.45) is 0. The predicted molar refractivity (Wildman–Crippen MR) is 137 cm³/mol. The molecule has 0 aliphatic heterocycles. The van der Waals surface area contributed by atoms with Crippen LogP contribution >= 0.6 is 11.3 Å². The molecule has 3 rings (SSSR count). The van der Waals surface area contributed by atoms with Crippen LogP contribution in [-0.4, -0.2) is 29.8 Å². The van der Waals surface area contributed by atoms with Gasteiger partial charge in [0, 0.05) is 11.2 Å². The van der Waals surface area contributed by atoms with E-state index in [1.165, 1.54) is 16.2 Å². The van der Waals surface area contributed by atoms with Crippen molar-refractivity contribution < 1.29 is 14.4 Å². The van der Waals surface area contributed by atoms with Crippen LogP contribution in [0.1, 0.15) is 53.2 Å². The smallest absolute Gasteiger partial charge is 0.261 e. The Hall–Kier alpha value is -3.45. The topological polar surface area (TPSA) is 78.5 Å². The Kier molecular flexibility index (Phi) is 7.89. The van der Waals surface area contributed by atoms with Crippen LogP contribution in [0.3, 0.4) is 0 Å². The molecule has 7 heteroatoms. The van der Waals surface area contributed by atoms with Crippen LogP contribution < -0.4 is 15.5 Å². The maximum absolute atomic E-state index is 13.7. The molecule has 0 fully saturated rings. The molecule has 178 valence electrons. The number of rotatable bonds is 7. The summed E-state index contributed by atoms with van der Waals surface area (Å²) in [5.41, 5.74) is 2.73. The number of carbonyl (C=O) groups is 3. The van der Waals surface area contributed by atoms with E-state index in [1.54, 1.807) is 17.5 Å². The maximum Gasteiger partial charge on any atom is 0.261 e. The number of nitrogens with zero attached hydrogens (tertiary/aromatic N) is 1. The van der Waals surface area contributed by atoms with Gasteiger partial charge in [-0.1, -0.05) is 42.5 Å². The highest BCUT2D eigenvalue weighted by Crippen LogP contribution is 2.30. The van der Waals surface area contributed by atoms with Gasteiger partial charge < -0.3 is 10.6 Å². The standard InChI is InChI=1S/C27H31N3O3S/c1-18-14-19(2)16-21(15-18)30(23(31)17-28-25(32)22-12-9-13-34-22)24(20-10-7-6-8-11-20)26(33)29-27(3,4)5/h6-16,24H,17H2,1-5H3,(H,28,32)(H,29,33)/t24-/m0/s1. The fraction of sp³-hybridized carbons (Fsp3) is 0.296. The number of nitrogens with one attached hydrogen (secondary N) is 2. The van der Waals surface area contributed by atoms with Gasteiger partial charge in [0.15, 0.2) is 0 Å². The van der Waals surface area contributed by atoms with E-state index in [0.717, 1.165) is 11.1 Å². The van der Waals surface area contributed by atoms with Crippen molar-refractivity contribution in [2.45, 2.75) is 46.2 Å². The SMILES string of the molecule is Cc1cc(C)cc(N(C(=O)CNC(=O)c2cccs2)[C@H](C(=O)NC(C)(C)C)c2ccccc2)c1. The molecular weight excluding hydrogens is 446 g/mol. The molecule has 1 heterocycles. The van der Waals surface area contributed by atoms with Gasteiger partial charge in [-0.2, -0.15) is 0 Å². The van der Waals surface area contributed by atoms with E-state index in [2.05, 4.69) is 10.6 Å². The van der Waals surface area contributed by atoms with Gasteiger partial charge in [-0.3, -0.25) is 19.3 Å². The van der Waals surface area contributed by atoms with Gasteiger partial charge in [-0.15, -0.1) is 11.3 Å². The van der Waals surface area contributed by atoms with Crippen LogP contribution in [0.25, 0.3) is 0 Å². The van der Waals surface area contributed by atoms with Gasteiger partial charge in [0.25, 0.3) is 5.91 Å². The second-order valence-electron chi connectivity index (χ2n) is 9.32. The van der Waals surface area contributed by atoms with Crippen molar-refractivity contribution in [3.8, 4) is 0 Å². The van der Waals surface area contributed by atoms with Gasteiger partial charge in [0.2, 0.25) is 11.8 Å². The number of anilines is 1. The average Bonchev–Trinajstić information content (AvgIpc) is 3.29. The van der Waals surface area contributed by atoms with Gasteiger partial charge in [-0.05, 0) is 74.9 Å². The third kappa shape index (κ3) is 6.54. The number of thiophene rings is 1. The van der Waals surface area contributed by atoms with Gasteiger partial charge >= 0.3 is 0 Å². The lowest BCUT2D eigenvalue weighted by Gasteiger charge is -2.34. The van der Waals surface area contributed by atoms with Crippen molar-refractivity contribution in [1.29, 1.82) is 0 Å². The summed E-state index contributed by atoms with van der Waals surface area (Å²) in [6.45, 7) is 9.36. The molecule has 0 spiro atoms. The summed E-state index contributed by atoms with van der Waals surface area (Å²) in [4.78, 5) is 41.7. The zero-order valence-electron chi connectivity index (χ0n) is 20.2. The molecule has 0 aliphatic carbocycles. The molecular formula is C27H31N3O3S. The van der Waals surface area contributed by atoms with E-state index in [0.29, 0.717) is 16.1 Å². The van der Waals surface area contributed by atoms with E-state index in [9.17, 15) is 14.4 Å². The fourth-order valence-electron chi connectivity index (χ4n) is 3.75. The lowest BCUT2D eigenvalue weighted by Crippen LogP contribution is -2.51. The minimum atomic E-state index is -0.909. The van der Waals surface area contributed by atoms with Crippen molar-refractivity contribution in [2.75, 3.05) is 11.4 Å². The number of carbonyl (C=O) groups excluding carboxylic acids is 3. The molecule has 1 aromatic heterocycles. The number of hydrogen-bond donors (Lipinski definition) is 2. The molecule has 2 N–H and O–H groups in total. The Bertz CT molecular complexity index is 1130. The summed E-state index contributed by atoms with van der Waals surface area (Å²) >= 11 is 1.30. The molecule has 6 nitrogen and oxygen atoms in total. The largest absolute Gasteiger partial charge is 0.349 e. The van der Waals surface area contributed by atoms with Gasteiger partial charge in [0.1, 0.15) is 6.04 Å². The molecule has 0 saturated carbocycles. The number of amides is 3. The highest BCUT2D eigenvalue weighted by atomic mass is 32.1. The summed E-state index contributed by atoms with van der Waals surface area (Å²) in [5.74, 6) is -0.997. The Morgan fingerprint density at radius 2 is 1.59 bits per heavy atom. The summed E-state index contributed by atoms with van der Waals surface area (Å²) in [5, 5.41) is 7.53. The number of benzene rings is 2. The van der Waals surface area contributed by atoms with E-state index < -0.39 is 11.6 Å². The Morgan fingerprint density at radius 3 is 2.15 bits per heavy atom. The minimum absolute atomic E-state index is 0.240. The first-order valence-corrected chi connectivity index (χ1v) is 12.0. The first kappa shape index (κ1) is 25.2. The van der Waals surface area contributed by atoms with Crippen molar-refractivity contribution in [3.63, 3.8) is 0 Å². The predicted octanol–water partition coefficient (Wildman–Crippen LogP) is 4.78. The lowest BCUT2D eigenvalue weighted by molar-refractivity contribution is -0.127. The minimum Gasteiger partial charge on any atom is -0.349 e. The Labute approximate surface area is 205 Å². The fourth-order valence-corrected chi connectivity index (χ4v) is 4.39. The Morgan fingerprint density at radius 1 is 0.941 bits per heavy atom. The maximum atomic E-state index is 13.7. The molecule has 0 radical (unpaired) electrons. The van der Waals surface area contributed by atoms with Crippen LogP contribution in [0.5, 0.6) is 0 Å². The molecule has 1 atom stereocenters. The second-order valence-corrected chi connectivity index (χ2v) is 10.3. The first-order chi connectivity index (χ1) is 16.0. The van der Waals surface area contributed by atoms with E-state index in [1.807, 2.05) is 83.1 Å². The van der Waals surface area contributed by atoms with Crippen LogP contribution in [0.15, 0.2) is 66.0 Å². The average molecular weight is 478 g/mol. The molecule has 0 bridgehead atoms. The zero-order chi connectivity index (χ0) is 24.9. The first-order valence-electron chi connectivity index (χ1n) is 11.1.